The van der Waals surface area contributed by atoms with Crippen molar-refractivity contribution in [3.63, 3.8) is 0 Å². The van der Waals surface area contributed by atoms with Crippen LogP contribution < -0.4 is 10.1 Å². The Bertz CT molecular complexity index is 1270. The molecule has 1 saturated heterocycles. The zero-order chi connectivity index (χ0) is 25.4. The third-order valence-corrected chi connectivity index (χ3v) is 8.06. The van der Waals surface area contributed by atoms with Gasteiger partial charge in [-0.05, 0) is 51.7 Å². The summed E-state index contributed by atoms with van der Waals surface area (Å²) in [5, 5.41) is 10.7. The molecule has 1 saturated carbocycles. The van der Waals surface area contributed by atoms with E-state index in [2.05, 4.69) is 15.4 Å². The summed E-state index contributed by atoms with van der Waals surface area (Å²) in [7, 11) is 1.84. The summed E-state index contributed by atoms with van der Waals surface area (Å²) in [6.07, 6.45) is 3.90. The van der Waals surface area contributed by atoms with Gasteiger partial charge >= 0.3 is 0 Å². The molecule has 1 aromatic carbocycles. The largest absolute Gasteiger partial charge is 0.476 e. The number of anilines is 1. The SMILES string of the molecule is Cn1nc(C2CC2)cc1NC(=O)c1csc(C2CCN(C(=O)C(C)(C)Oc3ccccc3Cl)CC2)n1. The molecule has 2 aromatic heterocycles. The first-order valence-electron chi connectivity index (χ1n) is 12.2. The van der Waals surface area contributed by atoms with E-state index in [0.717, 1.165) is 36.4 Å². The van der Waals surface area contributed by atoms with E-state index >= 15 is 0 Å². The molecular formula is C26H30ClN5O3S. The minimum atomic E-state index is -1.03. The number of nitrogens with zero attached hydrogens (tertiary/aromatic N) is 4. The number of nitrogens with one attached hydrogen (secondary N) is 1. The van der Waals surface area contributed by atoms with Crippen molar-refractivity contribution >= 4 is 40.6 Å². The van der Waals surface area contributed by atoms with E-state index in [0.29, 0.717) is 41.3 Å². The van der Waals surface area contributed by atoms with E-state index in [1.54, 1.807) is 36.0 Å². The van der Waals surface area contributed by atoms with Gasteiger partial charge < -0.3 is 15.0 Å². The number of hydrogen-bond donors (Lipinski definition) is 1. The molecule has 0 unspecified atom stereocenters. The number of hydrogen-bond acceptors (Lipinski definition) is 6. The fraction of sp³-hybridized carbons (Fsp3) is 0.462. The number of aryl methyl sites for hydroxylation is 1. The Morgan fingerprint density at radius 2 is 1.86 bits per heavy atom. The number of para-hydroxylation sites is 1. The molecule has 2 amide bonds. The van der Waals surface area contributed by atoms with Crippen molar-refractivity contribution < 1.29 is 14.3 Å². The highest BCUT2D eigenvalue weighted by Gasteiger charge is 2.37. The third kappa shape index (κ3) is 5.27. The Morgan fingerprint density at radius 1 is 1.14 bits per heavy atom. The highest BCUT2D eigenvalue weighted by Crippen LogP contribution is 2.40. The average molecular weight is 528 g/mol. The van der Waals surface area contributed by atoms with Gasteiger partial charge in [0.1, 0.15) is 17.3 Å². The van der Waals surface area contributed by atoms with Crippen LogP contribution in [0.1, 0.15) is 72.6 Å². The highest BCUT2D eigenvalue weighted by molar-refractivity contribution is 7.10. The molecular weight excluding hydrogens is 498 g/mol. The Labute approximate surface area is 219 Å². The Hall–Kier alpha value is -2.91. The van der Waals surface area contributed by atoms with Crippen LogP contribution in [0.15, 0.2) is 35.7 Å². The first kappa shape index (κ1) is 24.8. The van der Waals surface area contributed by atoms with Crippen LogP contribution in [0, 0.1) is 0 Å². The van der Waals surface area contributed by atoms with Gasteiger partial charge in [0.25, 0.3) is 11.8 Å². The smallest absolute Gasteiger partial charge is 0.276 e. The summed E-state index contributed by atoms with van der Waals surface area (Å²) in [5.41, 5.74) is 0.417. The lowest BCUT2D eigenvalue weighted by Crippen LogP contribution is -2.51. The molecule has 1 aliphatic heterocycles. The molecule has 8 nitrogen and oxygen atoms in total. The highest BCUT2D eigenvalue weighted by atomic mass is 35.5. The number of aromatic nitrogens is 3. The quantitative estimate of drug-likeness (QED) is 0.455. The van der Waals surface area contributed by atoms with Gasteiger partial charge in [-0.25, -0.2) is 4.98 Å². The molecule has 1 N–H and O–H groups in total. The Balaban J connectivity index is 1.16. The minimum absolute atomic E-state index is 0.0678. The van der Waals surface area contributed by atoms with Crippen molar-refractivity contribution in [1.82, 2.24) is 19.7 Å². The van der Waals surface area contributed by atoms with Gasteiger partial charge in [-0.2, -0.15) is 5.10 Å². The van der Waals surface area contributed by atoms with Crippen LogP contribution in [-0.2, 0) is 11.8 Å². The summed E-state index contributed by atoms with van der Waals surface area (Å²) in [4.78, 5) is 32.5. The van der Waals surface area contributed by atoms with Crippen molar-refractivity contribution in [1.29, 1.82) is 0 Å². The number of thiazole rings is 1. The predicted molar refractivity (Wildman–Crippen MR) is 140 cm³/mol. The van der Waals surface area contributed by atoms with Gasteiger partial charge in [-0.1, -0.05) is 23.7 Å². The maximum Gasteiger partial charge on any atom is 0.276 e. The van der Waals surface area contributed by atoms with Crippen LogP contribution in [0.2, 0.25) is 5.02 Å². The molecule has 0 spiro atoms. The molecule has 1 aliphatic carbocycles. The second-order valence-corrected chi connectivity index (χ2v) is 11.3. The molecule has 3 aromatic rings. The molecule has 5 rings (SSSR count). The third-order valence-electron chi connectivity index (χ3n) is 6.74. The Kier molecular flexibility index (Phi) is 6.78. The predicted octanol–water partition coefficient (Wildman–Crippen LogP) is 5.22. The molecule has 0 atom stereocenters. The van der Waals surface area contributed by atoms with Gasteiger partial charge in [0, 0.05) is 43.4 Å². The number of piperidine rings is 1. The molecule has 36 heavy (non-hydrogen) atoms. The zero-order valence-electron chi connectivity index (χ0n) is 20.7. The van der Waals surface area contributed by atoms with E-state index in [1.165, 1.54) is 11.3 Å². The molecule has 3 heterocycles. The van der Waals surface area contributed by atoms with Gasteiger partial charge in [0.15, 0.2) is 5.60 Å². The Morgan fingerprint density at radius 3 is 2.56 bits per heavy atom. The van der Waals surface area contributed by atoms with Gasteiger partial charge in [0.2, 0.25) is 0 Å². The van der Waals surface area contributed by atoms with Gasteiger partial charge in [-0.3, -0.25) is 14.3 Å². The van der Waals surface area contributed by atoms with Crippen molar-refractivity contribution in [3.05, 3.63) is 57.1 Å². The first-order valence-corrected chi connectivity index (χ1v) is 13.5. The van der Waals surface area contributed by atoms with Crippen molar-refractivity contribution in [3.8, 4) is 5.75 Å². The maximum atomic E-state index is 13.2. The number of carbonyl (C=O) groups excluding carboxylic acids is 2. The first-order chi connectivity index (χ1) is 17.2. The van der Waals surface area contributed by atoms with Crippen LogP contribution in [0.3, 0.4) is 0 Å². The second kappa shape index (κ2) is 9.86. The molecule has 0 bridgehead atoms. The standard InChI is InChI=1S/C26H30ClN5O3S/c1-26(2,35-21-7-5-4-6-18(21)27)25(34)32-12-10-17(11-13-32)24-28-20(15-36-24)23(33)29-22-14-19(16-8-9-16)30-31(22)3/h4-7,14-17H,8-13H2,1-3H3,(H,29,33). The maximum absolute atomic E-state index is 13.2. The van der Waals surface area contributed by atoms with E-state index in [1.807, 2.05) is 30.1 Å². The number of amides is 2. The van der Waals surface area contributed by atoms with Crippen molar-refractivity contribution in [2.75, 3.05) is 18.4 Å². The number of likely N-dealkylation sites (tertiary alicyclic amines) is 1. The topological polar surface area (TPSA) is 89.4 Å². The van der Waals surface area contributed by atoms with Crippen LogP contribution in [0.5, 0.6) is 5.75 Å². The number of ether oxygens (including phenoxy) is 1. The van der Waals surface area contributed by atoms with E-state index in [9.17, 15) is 9.59 Å². The fourth-order valence-electron chi connectivity index (χ4n) is 4.50. The molecule has 2 fully saturated rings. The minimum Gasteiger partial charge on any atom is -0.476 e. The lowest BCUT2D eigenvalue weighted by atomic mass is 9.96. The van der Waals surface area contributed by atoms with Crippen LogP contribution in [0.25, 0.3) is 0 Å². The second-order valence-electron chi connectivity index (χ2n) is 9.99. The van der Waals surface area contributed by atoms with Gasteiger partial charge in [-0.15, -0.1) is 11.3 Å². The fourth-order valence-corrected chi connectivity index (χ4v) is 5.65. The lowest BCUT2D eigenvalue weighted by Gasteiger charge is -2.36. The summed E-state index contributed by atoms with van der Waals surface area (Å²) in [6, 6.07) is 9.12. The molecule has 0 radical (unpaired) electrons. The molecule has 10 heteroatoms. The lowest BCUT2D eigenvalue weighted by molar-refractivity contribution is -0.146. The van der Waals surface area contributed by atoms with Crippen LogP contribution in [0.4, 0.5) is 5.82 Å². The summed E-state index contributed by atoms with van der Waals surface area (Å²) < 4.78 is 7.69. The molecule has 190 valence electrons. The average Bonchev–Trinajstić information content (AvgIpc) is 3.48. The van der Waals surface area contributed by atoms with E-state index in [-0.39, 0.29) is 17.7 Å². The number of carbonyl (C=O) groups is 2. The van der Waals surface area contributed by atoms with Crippen molar-refractivity contribution in [2.24, 2.45) is 7.05 Å². The monoisotopic (exact) mass is 527 g/mol. The summed E-state index contributed by atoms with van der Waals surface area (Å²) in [5.74, 6) is 1.63. The zero-order valence-corrected chi connectivity index (χ0v) is 22.2. The summed E-state index contributed by atoms with van der Waals surface area (Å²) >= 11 is 7.71. The van der Waals surface area contributed by atoms with E-state index < -0.39 is 5.60 Å². The summed E-state index contributed by atoms with van der Waals surface area (Å²) in [6.45, 7) is 4.76. The van der Waals surface area contributed by atoms with E-state index in [4.69, 9.17) is 16.3 Å². The molecule has 2 aliphatic rings. The van der Waals surface area contributed by atoms with Gasteiger partial charge in [0.05, 0.1) is 15.7 Å². The normalized spacial score (nSPS) is 16.7. The number of halogens is 1. The van der Waals surface area contributed by atoms with Crippen LogP contribution >= 0.6 is 22.9 Å². The van der Waals surface area contributed by atoms with Crippen molar-refractivity contribution in [2.45, 2.75) is 57.0 Å². The van der Waals surface area contributed by atoms with Crippen LogP contribution in [-0.4, -0.2) is 50.2 Å². The number of rotatable bonds is 7. The number of benzene rings is 1.